The molecule has 1 aliphatic heterocycles. The number of rotatable bonds is 6. The zero-order valence-electron chi connectivity index (χ0n) is 12.1. The minimum absolute atomic E-state index is 0.0907. The summed E-state index contributed by atoms with van der Waals surface area (Å²) in [5, 5.41) is 2.60. The fourth-order valence-corrected chi connectivity index (χ4v) is 5.86. The summed E-state index contributed by atoms with van der Waals surface area (Å²) in [6, 6.07) is 6.68. The van der Waals surface area contributed by atoms with Gasteiger partial charge in [-0.05, 0) is 31.4 Å². The number of para-hydroxylation sites is 1. The molecule has 1 heterocycles. The summed E-state index contributed by atoms with van der Waals surface area (Å²) in [5.41, 5.74) is 0.494. The topological polar surface area (TPSA) is 80.3 Å². The molecule has 5 nitrogen and oxygen atoms in total. The Kier molecular flexibility index (Phi) is 4.93. The molecule has 1 aromatic rings. The molecule has 0 saturated carbocycles. The summed E-state index contributed by atoms with van der Waals surface area (Å²) in [4.78, 5) is 0.252. The van der Waals surface area contributed by atoms with Gasteiger partial charge in [-0.15, -0.1) is 0 Å². The van der Waals surface area contributed by atoms with Gasteiger partial charge in [0.05, 0.1) is 27.3 Å². The Morgan fingerprint density at radius 1 is 1.29 bits per heavy atom. The predicted octanol–water partition coefficient (Wildman–Crippen LogP) is 1.86. The number of nitrogens with one attached hydrogen (secondary N) is 1. The smallest absolute Gasteiger partial charge is 0.180 e. The monoisotopic (exact) mass is 331 g/mol. The van der Waals surface area contributed by atoms with Crippen LogP contribution in [0.4, 0.5) is 5.69 Å². The second kappa shape index (κ2) is 6.36. The number of sulfone groups is 2. The van der Waals surface area contributed by atoms with E-state index in [-0.39, 0.29) is 22.9 Å². The average Bonchev–Trinajstić information content (AvgIpc) is 2.75. The fraction of sp³-hybridized carbons (Fsp3) is 0.571. The third-order valence-corrected chi connectivity index (χ3v) is 7.93. The van der Waals surface area contributed by atoms with Gasteiger partial charge in [0.15, 0.2) is 19.7 Å². The predicted molar refractivity (Wildman–Crippen MR) is 84.1 cm³/mol. The van der Waals surface area contributed by atoms with Crippen LogP contribution in [0.15, 0.2) is 29.2 Å². The largest absolute Gasteiger partial charge is 0.383 e. The Balaban J connectivity index is 2.18. The van der Waals surface area contributed by atoms with Gasteiger partial charge < -0.3 is 5.32 Å². The average molecular weight is 331 g/mol. The number of hydrogen-bond acceptors (Lipinski definition) is 5. The van der Waals surface area contributed by atoms with E-state index in [0.717, 1.165) is 0 Å². The third kappa shape index (κ3) is 3.77. The minimum Gasteiger partial charge on any atom is -0.383 e. The van der Waals surface area contributed by atoms with Crippen LogP contribution >= 0.6 is 0 Å². The molecule has 0 amide bonds. The van der Waals surface area contributed by atoms with Gasteiger partial charge in [0.2, 0.25) is 0 Å². The molecule has 1 atom stereocenters. The molecule has 1 unspecified atom stereocenters. The lowest BCUT2D eigenvalue weighted by Gasteiger charge is -2.15. The van der Waals surface area contributed by atoms with E-state index in [4.69, 9.17) is 0 Å². The Hall–Kier alpha value is -1.08. The van der Waals surface area contributed by atoms with E-state index in [9.17, 15) is 16.8 Å². The molecule has 1 fully saturated rings. The zero-order valence-corrected chi connectivity index (χ0v) is 13.7. The van der Waals surface area contributed by atoms with Crippen LogP contribution in [0.25, 0.3) is 0 Å². The molecule has 0 bridgehead atoms. The number of benzene rings is 1. The molecule has 0 spiro atoms. The summed E-state index contributed by atoms with van der Waals surface area (Å²) in [6.07, 6.45) is 1.87. The van der Waals surface area contributed by atoms with Crippen LogP contribution in [0, 0.1) is 0 Å². The highest BCUT2D eigenvalue weighted by Gasteiger charge is 2.31. The molecule has 0 radical (unpaired) electrons. The van der Waals surface area contributed by atoms with Crippen LogP contribution in [-0.4, -0.2) is 40.1 Å². The van der Waals surface area contributed by atoms with Crippen LogP contribution in [-0.2, 0) is 19.7 Å². The van der Waals surface area contributed by atoms with E-state index >= 15 is 0 Å². The van der Waals surface area contributed by atoms with Crippen molar-refractivity contribution in [2.24, 2.45) is 0 Å². The number of hydrogen-bond donors (Lipinski definition) is 1. The summed E-state index contributed by atoms with van der Waals surface area (Å²) >= 11 is 0. The van der Waals surface area contributed by atoms with E-state index in [1.165, 1.54) is 0 Å². The van der Waals surface area contributed by atoms with Gasteiger partial charge in [-0.2, -0.15) is 0 Å². The van der Waals surface area contributed by atoms with E-state index in [2.05, 4.69) is 5.32 Å². The molecule has 21 heavy (non-hydrogen) atoms. The minimum atomic E-state index is -3.33. The molecule has 1 aliphatic rings. The van der Waals surface area contributed by atoms with Gasteiger partial charge in [-0.1, -0.05) is 19.1 Å². The molecule has 1 aromatic carbocycles. The first kappa shape index (κ1) is 16.3. The number of anilines is 1. The van der Waals surface area contributed by atoms with Crippen molar-refractivity contribution in [3.63, 3.8) is 0 Å². The van der Waals surface area contributed by atoms with E-state index < -0.39 is 24.9 Å². The van der Waals surface area contributed by atoms with Gasteiger partial charge in [0.25, 0.3) is 0 Å². The summed E-state index contributed by atoms with van der Waals surface area (Å²) in [6.45, 7) is 2.08. The zero-order chi connectivity index (χ0) is 15.5. The van der Waals surface area contributed by atoms with Crippen molar-refractivity contribution in [1.29, 1.82) is 0 Å². The Labute approximate surface area is 126 Å². The standard InChI is InChI=1S/C14H21NO4S2/c1-2-9-21(18,19)14-8-4-3-7-13(14)15-11-12-6-5-10-20(12,16)17/h3-4,7-8,12,15H,2,5-6,9-11H2,1H3. The molecular formula is C14H21NO4S2. The Morgan fingerprint density at radius 3 is 2.62 bits per heavy atom. The molecule has 0 aliphatic carbocycles. The normalized spacial score (nSPS) is 21.3. The lowest BCUT2D eigenvalue weighted by molar-refractivity contribution is 0.591. The van der Waals surface area contributed by atoms with Gasteiger partial charge >= 0.3 is 0 Å². The third-order valence-electron chi connectivity index (χ3n) is 3.68. The first-order chi connectivity index (χ1) is 9.87. The van der Waals surface area contributed by atoms with Crippen LogP contribution < -0.4 is 5.32 Å². The maximum atomic E-state index is 12.2. The molecular weight excluding hydrogens is 310 g/mol. The fourth-order valence-electron chi connectivity index (χ4n) is 2.57. The van der Waals surface area contributed by atoms with Crippen molar-refractivity contribution >= 4 is 25.4 Å². The summed E-state index contributed by atoms with van der Waals surface area (Å²) in [5.74, 6) is 0.322. The molecule has 1 N–H and O–H groups in total. The van der Waals surface area contributed by atoms with Crippen LogP contribution in [0.3, 0.4) is 0 Å². The summed E-state index contributed by atoms with van der Waals surface area (Å²) < 4.78 is 48.1. The van der Waals surface area contributed by atoms with Gasteiger partial charge in [0, 0.05) is 6.54 Å². The summed E-state index contributed by atoms with van der Waals surface area (Å²) in [7, 11) is -6.36. The maximum absolute atomic E-state index is 12.2. The first-order valence-electron chi connectivity index (χ1n) is 7.14. The van der Waals surface area contributed by atoms with Crippen LogP contribution in [0.5, 0.6) is 0 Å². The lowest BCUT2D eigenvalue weighted by atomic mass is 10.2. The van der Waals surface area contributed by atoms with Gasteiger partial charge in [-0.25, -0.2) is 16.8 Å². The highest BCUT2D eigenvalue weighted by molar-refractivity contribution is 7.92. The second-order valence-electron chi connectivity index (χ2n) is 5.33. The van der Waals surface area contributed by atoms with Crippen molar-refractivity contribution in [2.75, 3.05) is 23.4 Å². The maximum Gasteiger partial charge on any atom is 0.180 e. The van der Waals surface area contributed by atoms with E-state index in [0.29, 0.717) is 24.9 Å². The quantitative estimate of drug-likeness (QED) is 0.860. The Morgan fingerprint density at radius 2 is 2.00 bits per heavy atom. The van der Waals surface area contributed by atoms with Gasteiger partial charge in [0.1, 0.15) is 0 Å². The van der Waals surface area contributed by atoms with Crippen LogP contribution in [0.2, 0.25) is 0 Å². The van der Waals surface area contributed by atoms with Crippen molar-refractivity contribution in [3.8, 4) is 0 Å². The Bertz CT molecular complexity index is 695. The molecule has 1 saturated heterocycles. The SMILES string of the molecule is CCCS(=O)(=O)c1ccccc1NCC1CCCS1(=O)=O. The van der Waals surface area contributed by atoms with Crippen LogP contribution in [0.1, 0.15) is 26.2 Å². The van der Waals surface area contributed by atoms with E-state index in [1.807, 2.05) is 6.92 Å². The van der Waals surface area contributed by atoms with Crippen molar-refractivity contribution in [1.82, 2.24) is 0 Å². The van der Waals surface area contributed by atoms with Crippen molar-refractivity contribution < 1.29 is 16.8 Å². The lowest BCUT2D eigenvalue weighted by Crippen LogP contribution is -2.25. The molecule has 118 valence electrons. The van der Waals surface area contributed by atoms with Crippen molar-refractivity contribution in [3.05, 3.63) is 24.3 Å². The van der Waals surface area contributed by atoms with Gasteiger partial charge in [-0.3, -0.25) is 0 Å². The highest BCUT2D eigenvalue weighted by Crippen LogP contribution is 2.25. The first-order valence-corrected chi connectivity index (χ1v) is 10.5. The second-order valence-corrected chi connectivity index (χ2v) is 9.81. The highest BCUT2D eigenvalue weighted by atomic mass is 32.2. The molecule has 2 rings (SSSR count). The molecule has 7 heteroatoms. The van der Waals surface area contributed by atoms with Crippen molar-refractivity contribution in [2.45, 2.75) is 36.3 Å². The van der Waals surface area contributed by atoms with E-state index in [1.54, 1.807) is 24.3 Å². The molecule has 0 aromatic heterocycles.